The number of carbonyl (C=O) groups is 1. The minimum atomic E-state index is -3.86. The third kappa shape index (κ3) is 3.24. The lowest BCUT2D eigenvalue weighted by molar-refractivity contribution is 0.0594. The van der Waals surface area contributed by atoms with Gasteiger partial charge in [0, 0.05) is 16.5 Å². The second-order valence-electron chi connectivity index (χ2n) is 7.14. The van der Waals surface area contributed by atoms with Gasteiger partial charge in [0.1, 0.15) is 0 Å². The zero-order chi connectivity index (χ0) is 20.9. The van der Waals surface area contributed by atoms with Crippen LogP contribution in [0, 0.1) is 6.92 Å². The first-order valence-electron chi connectivity index (χ1n) is 9.05. The molecule has 8 heteroatoms. The van der Waals surface area contributed by atoms with Gasteiger partial charge in [-0.15, -0.1) is 0 Å². The number of benzene rings is 2. The SMILES string of the molecule is COC(=O)c1cc2c3c(cc(Cl)cc3n1)CC(C)N2S(=O)(=O)c1ccc(C)cc1. The maximum absolute atomic E-state index is 13.5. The molecule has 0 bridgehead atoms. The van der Waals surface area contributed by atoms with Crippen molar-refractivity contribution < 1.29 is 17.9 Å². The fourth-order valence-electron chi connectivity index (χ4n) is 3.77. The van der Waals surface area contributed by atoms with E-state index in [1.165, 1.54) is 17.5 Å². The predicted molar refractivity (Wildman–Crippen MR) is 112 cm³/mol. The summed E-state index contributed by atoms with van der Waals surface area (Å²) in [4.78, 5) is 16.7. The van der Waals surface area contributed by atoms with Crippen LogP contribution in [-0.4, -0.2) is 32.5 Å². The van der Waals surface area contributed by atoms with Crippen LogP contribution in [0.25, 0.3) is 10.9 Å². The van der Waals surface area contributed by atoms with E-state index >= 15 is 0 Å². The van der Waals surface area contributed by atoms with Gasteiger partial charge in [0.05, 0.1) is 23.2 Å². The third-order valence-electron chi connectivity index (χ3n) is 5.06. The lowest BCUT2D eigenvalue weighted by atomic mass is 9.96. The predicted octanol–water partition coefficient (Wildman–Crippen LogP) is 4.12. The number of methoxy groups -OCH3 is 1. The van der Waals surface area contributed by atoms with E-state index in [4.69, 9.17) is 16.3 Å². The lowest BCUT2D eigenvalue weighted by Crippen LogP contribution is -2.42. The number of nitrogens with zero attached hydrogens (tertiary/aromatic N) is 2. The van der Waals surface area contributed by atoms with Crippen molar-refractivity contribution in [1.82, 2.24) is 4.98 Å². The van der Waals surface area contributed by atoms with Crippen molar-refractivity contribution in [2.75, 3.05) is 11.4 Å². The van der Waals surface area contributed by atoms with E-state index in [1.54, 1.807) is 30.3 Å². The van der Waals surface area contributed by atoms with Gasteiger partial charge in [-0.1, -0.05) is 29.3 Å². The highest BCUT2D eigenvalue weighted by atomic mass is 35.5. The van der Waals surface area contributed by atoms with Crippen molar-refractivity contribution >= 4 is 44.2 Å². The Balaban J connectivity index is 2.01. The summed E-state index contributed by atoms with van der Waals surface area (Å²) in [6.45, 7) is 3.73. The number of rotatable bonds is 3. The first-order valence-corrected chi connectivity index (χ1v) is 10.9. The number of sulfonamides is 1. The Bertz CT molecular complexity index is 1240. The Labute approximate surface area is 174 Å². The van der Waals surface area contributed by atoms with Gasteiger partial charge < -0.3 is 4.74 Å². The fourth-order valence-corrected chi connectivity index (χ4v) is 5.66. The van der Waals surface area contributed by atoms with E-state index < -0.39 is 16.0 Å². The number of carbonyl (C=O) groups excluding carboxylic acids is 1. The van der Waals surface area contributed by atoms with Crippen LogP contribution in [0.15, 0.2) is 47.4 Å². The van der Waals surface area contributed by atoms with Crippen molar-refractivity contribution in [3.8, 4) is 0 Å². The van der Waals surface area contributed by atoms with Gasteiger partial charge in [-0.3, -0.25) is 4.31 Å². The third-order valence-corrected chi connectivity index (χ3v) is 7.22. The standard InChI is InChI=1S/C21H19ClN2O4S/c1-12-4-6-16(7-5-12)29(26,27)24-13(2)8-14-9-15(22)10-17-20(14)19(24)11-18(23-17)21(25)28-3/h4-7,9-11,13H,8H2,1-3H3. The molecule has 1 atom stereocenters. The average molecular weight is 431 g/mol. The Morgan fingerprint density at radius 1 is 1.21 bits per heavy atom. The highest BCUT2D eigenvalue weighted by Crippen LogP contribution is 2.41. The van der Waals surface area contributed by atoms with Gasteiger partial charge in [-0.05, 0) is 56.2 Å². The van der Waals surface area contributed by atoms with Crippen LogP contribution in [0.5, 0.6) is 0 Å². The quantitative estimate of drug-likeness (QED) is 0.584. The van der Waals surface area contributed by atoms with Crippen LogP contribution in [-0.2, 0) is 21.2 Å². The van der Waals surface area contributed by atoms with Gasteiger partial charge in [0.15, 0.2) is 5.69 Å². The largest absolute Gasteiger partial charge is 0.464 e. The smallest absolute Gasteiger partial charge is 0.356 e. The zero-order valence-electron chi connectivity index (χ0n) is 16.1. The Kier molecular flexibility index (Phi) is 4.75. The van der Waals surface area contributed by atoms with Crippen LogP contribution < -0.4 is 4.31 Å². The van der Waals surface area contributed by atoms with Crippen LogP contribution >= 0.6 is 11.6 Å². The molecule has 2 aromatic carbocycles. The summed E-state index contributed by atoms with van der Waals surface area (Å²) in [5.74, 6) is -0.643. The number of aryl methyl sites for hydroxylation is 1. The van der Waals surface area contributed by atoms with Crippen LogP contribution in [0.2, 0.25) is 5.02 Å². The molecular formula is C21H19ClN2O4S. The summed E-state index contributed by atoms with van der Waals surface area (Å²) >= 11 is 6.24. The molecule has 150 valence electrons. The molecule has 1 aliphatic heterocycles. The van der Waals surface area contributed by atoms with E-state index in [-0.39, 0.29) is 16.6 Å². The maximum atomic E-state index is 13.5. The summed E-state index contributed by atoms with van der Waals surface area (Å²) < 4.78 is 33.3. The van der Waals surface area contributed by atoms with Crippen LogP contribution in [0.3, 0.4) is 0 Å². The normalized spacial score (nSPS) is 16.1. The van der Waals surface area contributed by atoms with Gasteiger partial charge in [0.25, 0.3) is 10.0 Å². The van der Waals surface area contributed by atoms with Crippen molar-refractivity contribution in [3.05, 3.63) is 64.3 Å². The Hall–Kier alpha value is -2.64. The molecule has 1 aliphatic rings. The highest BCUT2D eigenvalue weighted by Gasteiger charge is 2.36. The first-order chi connectivity index (χ1) is 13.7. The van der Waals surface area contributed by atoms with Gasteiger partial charge in [-0.25, -0.2) is 18.2 Å². The number of hydrogen-bond donors (Lipinski definition) is 0. The Morgan fingerprint density at radius 3 is 2.55 bits per heavy atom. The number of aromatic nitrogens is 1. The molecule has 29 heavy (non-hydrogen) atoms. The molecule has 0 saturated heterocycles. The van der Waals surface area contributed by atoms with Crippen molar-refractivity contribution in [2.45, 2.75) is 31.2 Å². The topological polar surface area (TPSA) is 76.6 Å². The summed E-state index contributed by atoms with van der Waals surface area (Å²) in [6, 6.07) is 11.3. The molecule has 0 amide bonds. The van der Waals surface area contributed by atoms with Crippen LogP contribution in [0.4, 0.5) is 5.69 Å². The molecule has 0 N–H and O–H groups in total. The number of hydrogen-bond acceptors (Lipinski definition) is 5. The zero-order valence-corrected chi connectivity index (χ0v) is 17.7. The molecule has 3 aromatic rings. The molecule has 0 spiro atoms. The fraction of sp³-hybridized carbons (Fsp3) is 0.238. The molecule has 1 aromatic heterocycles. The number of anilines is 1. The second-order valence-corrected chi connectivity index (χ2v) is 9.40. The average Bonchev–Trinajstić information content (AvgIpc) is 2.66. The monoisotopic (exact) mass is 430 g/mol. The van der Waals surface area contributed by atoms with Gasteiger partial charge in [-0.2, -0.15) is 0 Å². The number of ether oxygens (including phenoxy) is 1. The molecule has 0 fully saturated rings. The lowest BCUT2D eigenvalue weighted by Gasteiger charge is -2.36. The minimum Gasteiger partial charge on any atom is -0.464 e. The highest BCUT2D eigenvalue weighted by molar-refractivity contribution is 7.92. The molecule has 6 nitrogen and oxygen atoms in total. The molecule has 4 rings (SSSR count). The van der Waals surface area contributed by atoms with E-state index in [2.05, 4.69) is 4.98 Å². The number of halogens is 1. The van der Waals surface area contributed by atoms with Crippen molar-refractivity contribution in [1.29, 1.82) is 0 Å². The summed E-state index contributed by atoms with van der Waals surface area (Å²) in [5.41, 5.74) is 2.76. The maximum Gasteiger partial charge on any atom is 0.356 e. The molecule has 0 saturated carbocycles. The minimum absolute atomic E-state index is 0.0291. The Morgan fingerprint density at radius 2 is 1.90 bits per heavy atom. The molecular weight excluding hydrogens is 412 g/mol. The van der Waals surface area contributed by atoms with E-state index in [0.717, 1.165) is 11.1 Å². The number of esters is 1. The van der Waals surface area contributed by atoms with Gasteiger partial charge in [0.2, 0.25) is 0 Å². The van der Waals surface area contributed by atoms with E-state index in [0.29, 0.717) is 28.0 Å². The second kappa shape index (κ2) is 7.00. The molecule has 2 heterocycles. The number of pyridine rings is 1. The van der Waals surface area contributed by atoms with E-state index in [9.17, 15) is 13.2 Å². The van der Waals surface area contributed by atoms with Gasteiger partial charge >= 0.3 is 5.97 Å². The molecule has 1 unspecified atom stereocenters. The first kappa shape index (κ1) is 19.7. The molecule has 0 aliphatic carbocycles. The summed E-state index contributed by atoms with van der Waals surface area (Å²) in [7, 11) is -2.60. The summed E-state index contributed by atoms with van der Waals surface area (Å²) in [5, 5.41) is 1.16. The molecule has 0 radical (unpaired) electrons. The van der Waals surface area contributed by atoms with E-state index in [1.807, 2.05) is 19.9 Å². The van der Waals surface area contributed by atoms with Crippen molar-refractivity contribution in [3.63, 3.8) is 0 Å². The van der Waals surface area contributed by atoms with Crippen LogP contribution in [0.1, 0.15) is 28.5 Å². The van der Waals surface area contributed by atoms with Crippen molar-refractivity contribution in [2.24, 2.45) is 0 Å². The summed E-state index contributed by atoms with van der Waals surface area (Å²) in [6.07, 6.45) is 0.481.